The van der Waals surface area contributed by atoms with Crippen LogP contribution in [0, 0.1) is 0 Å². The lowest BCUT2D eigenvalue weighted by molar-refractivity contribution is 0.00975. The molecule has 7 heteroatoms. The van der Waals surface area contributed by atoms with Gasteiger partial charge in [-0.3, -0.25) is 0 Å². The molecule has 0 radical (unpaired) electrons. The molecule has 2 heterocycles. The van der Waals surface area contributed by atoms with E-state index in [1.807, 2.05) is 6.92 Å². The van der Waals surface area contributed by atoms with Crippen LogP contribution >= 0.6 is 0 Å². The van der Waals surface area contributed by atoms with E-state index in [0.717, 1.165) is 0 Å². The quantitative estimate of drug-likeness (QED) is 0.876. The van der Waals surface area contributed by atoms with Crippen molar-refractivity contribution in [2.45, 2.75) is 43.5 Å². The highest BCUT2D eigenvalue weighted by molar-refractivity contribution is 7.89. The largest absolute Gasteiger partial charge is 0.447 e. The molecule has 3 rings (SSSR count). The fourth-order valence-electron chi connectivity index (χ4n) is 2.26. The van der Waals surface area contributed by atoms with Crippen LogP contribution in [0.3, 0.4) is 0 Å². The van der Waals surface area contributed by atoms with E-state index in [-0.39, 0.29) is 11.2 Å². The summed E-state index contributed by atoms with van der Waals surface area (Å²) in [5, 5.41) is 3.33. The third-order valence-corrected chi connectivity index (χ3v) is 5.32. The second-order valence-electron chi connectivity index (χ2n) is 5.42. The van der Waals surface area contributed by atoms with Crippen LogP contribution in [-0.4, -0.2) is 44.6 Å². The first-order valence-corrected chi connectivity index (χ1v) is 8.43. The highest BCUT2D eigenvalue weighted by atomic mass is 32.2. The van der Waals surface area contributed by atoms with Crippen molar-refractivity contribution < 1.29 is 17.6 Å². The summed E-state index contributed by atoms with van der Waals surface area (Å²) in [6, 6.07) is 3.84. The molecule has 112 valence electrons. The maximum Gasteiger partial charge on any atom is 0.276 e. The average molecular weight is 300 g/mol. The predicted octanol–water partition coefficient (Wildman–Crippen LogP) is 0.941. The number of hydrogen-bond acceptors (Lipinski definition) is 5. The number of ether oxygens (including phenoxy) is 1. The van der Waals surface area contributed by atoms with Gasteiger partial charge in [0.2, 0.25) is 5.09 Å². The van der Waals surface area contributed by atoms with Gasteiger partial charge in [0.1, 0.15) is 5.76 Å². The molecule has 6 nitrogen and oxygen atoms in total. The molecule has 2 aliphatic rings. The summed E-state index contributed by atoms with van der Waals surface area (Å²) in [7, 11) is -3.54. The van der Waals surface area contributed by atoms with Crippen LogP contribution in [0.4, 0.5) is 0 Å². The molecule has 1 aromatic rings. The standard InChI is InChI=1S/C13H20N2O4S/c1-10-9-15(6-7-18-10)20(16,17)13-5-4-12(19-13)8-14-11-2-3-11/h4-5,10-11,14H,2-3,6-9H2,1H3. The van der Waals surface area contributed by atoms with Crippen LogP contribution in [0.15, 0.2) is 21.6 Å². The summed E-state index contributed by atoms with van der Waals surface area (Å²) in [5.41, 5.74) is 0. The minimum atomic E-state index is -3.54. The van der Waals surface area contributed by atoms with Gasteiger partial charge in [-0.1, -0.05) is 0 Å². The Balaban J connectivity index is 1.69. The first-order chi connectivity index (χ1) is 9.55. The topological polar surface area (TPSA) is 71.8 Å². The van der Waals surface area contributed by atoms with Crippen molar-refractivity contribution in [3.05, 3.63) is 17.9 Å². The zero-order valence-corrected chi connectivity index (χ0v) is 12.4. The van der Waals surface area contributed by atoms with Crippen LogP contribution in [-0.2, 0) is 21.3 Å². The lowest BCUT2D eigenvalue weighted by Gasteiger charge is -2.29. The average Bonchev–Trinajstić information content (AvgIpc) is 3.12. The molecule has 0 amide bonds. The van der Waals surface area contributed by atoms with Gasteiger partial charge in [-0.05, 0) is 31.9 Å². The van der Waals surface area contributed by atoms with Crippen LogP contribution in [0.5, 0.6) is 0 Å². The highest BCUT2D eigenvalue weighted by Crippen LogP contribution is 2.23. The smallest absolute Gasteiger partial charge is 0.276 e. The number of nitrogens with one attached hydrogen (secondary N) is 1. The van der Waals surface area contributed by atoms with Crippen molar-refractivity contribution in [2.75, 3.05) is 19.7 Å². The van der Waals surface area contributed by atoms with Crippen molar-refractivity contribution >= 4 is 10.0 Å². The normalized spacial score (nSPS) is 24.9. The Hall–Kier alpha value is -0.890. The van der Waals surface area contributed by atoms with E-state index >= 15 is 0 Å². The van der Waals surface area contributed by atoms with E-state index in [9.17, 15) is 8.42 Å². The number of rotatable bonds is 5. The fourth-order valence-corrected chi connectivity index (χ4v) is 3.68. The Labute approximate surface area is 119 Å². The van der Waals surface area contributed by atoms with E-state index in [0.29, 0.717) is 38.0 Å². The maximum atomic E-state index is 12.5. The van der Waals surface area contributed by atoms with Crippen LogP contribution in [0.2, 0.25) is 0 Å². The number of furan rings is 1. The van der Waals surface area contributed by atoms with Crippen molar-refractivity contribution in [1.82, 2.24) is 9.62 Å². The van der Waals surface area contributed by atoms with Crippen molar-refractivity contribution in [1.29, 1.82) is 0 Å². The van der Waals surface area contributed by atoms with Crippen molar-refractivity contribution in [2.24, 2.45) is 0 Å². The summed E-state index contributed by atoms with van der Waals surface area (Å²) in [6.07, 6.45) is 2.30. The fraction of sp³-hybridized carbons (Fsp3) is 0.692. The number of morpholine rings is 1. The maximum absolute atomic E-state index is 12.5. The molecule has 1 saturated carbocycles. The van der Waals surface area contributed by atoms with Crippen LogP contribution in [0.1, 0.15) is 25.5 Å². The van der Waals surface area contributed by atoms with Crippen molar-refractivity contribution in [3.8, 4) is 0 Å². The van der Waals surface area contributed by atoms with Gasteiger partial charge in [0.15, 0.2) is 0 Å². The molecule has 1 saturated heterocycles. The summed E-state index contributed by atoms with van der Waals surface area (Å²) >= 11 is 0. The van der Waals surface area contributed by atoms with Gasteiger partial charge < -0.3 is 14.5 Å². The molecule has 0 spiro atoms. The lowest BCUT2D eigenvalue weighted by Crippen LogP contribution is -2.44. The highest BCUT2D eigenvalue weighted by Gasteiger charge is 2.31. The Kier molecular flexibility index (Phi) is 3.85. The van der Waals surface area contributed by atoms with E-state index < -0.39 is 10.0 Å². The van der Waals surface area contributed by atoms with Gasteiger partial charge in [-0.25, -0.2) is 8.42 Å². The SMILES string of the molecule is CC1CN(S(=O)(=O)c2ccc(CNC3CC3)o2)CCO1. The minimum Gasteiger partial charge on any atom is -0.447 e. The van der Waals surface area contributed by atoms with Gasteiger partial charge in [0.05, 0.1) is 19.3 Å². The monoisotopic (exact) mass is 300 g/mol. The summed E-state index contributed by atoms with van der Waals surface area (Å²) in [6.45, 7) is 3.63. The van der Waals surface area contributed by atoms with Crippen LogP contribution in [0.25, 0.3) is 0 Å². The zero-order chi connectivity index (χ0) is 14.2. The van der Waals surface area contributed by atoms with E-state index in [4.69, 9.17) is 9.15 Å². The van der Waals surface area contributed by atoms with Gasteiger partial charge in [0.25, 0.3) is 10.0 Å². The Morgan fingerprint density at radius 1 is 1.40 bits per heavy atom. The van der Waals surface area contributed by atoms with Gasteiger partial charge in [-0.15, -0.1) is 0 Å². The molecule has 1 unspecified atom stereocenters. The second kappa shape index (κ2) is 5.48. The zero-order valence-electron chi connectivity index (χ0n) is 11.5. The van der Waals surface area contributed by atoms with E-state index in [1.54, 1.807) is 12.1 Å². The molecular formula is C13H20N2O4S. The van der Waals surface area contributed by atoms with E-state index in [1.165, 1.54) is 17.1 Å². The van der Waals surface area contributed by atoms with Crippen molar-refractivity contribution in [3.63, 3.8) is 0 Å². The third kappa shape index (κ3) is 3.06. The first kappa shape index (κ1) is 14.1. The molecule has 1 aliphatic carbocycles. The molecule has 1 aromatic heterocycles. The molecule has 1 aliphatic heterocycles. The Morgan fingerprint density at radius 2 is 2.20 bits per heavy atom. The lowest BCUT2D eigenvalue weighted by atomic mass is 10.3. The Bertz CT molecular complexity index is 565. The molecule has 2 fully saturated rings. The summed E-state index contributed by atoms with van der Waals surface area (Å²) < 4.78 is 37.2. The summed E-state index contributed by atoms with van der Waals surface area (Å²) in [5.74, 6) is 0.664. The van der Waals surface area contributed by atoms with E-state index in [2.05, 4.69) is 5.32 Å². The van der Waals surface area contributed by atoms with Crippen LogP contribution < -0.4 is 5.32 Å². The van der Waals surface area contributed by atoms with Gasteiger partial charge in [-0.2, -0.15) is 4.31 Å². The number of hydrogen-bond donors (Lipinski definition) is 1. The van der Waals surface area contributed by atoms with Gasteiger partial charge in [0, 0.05) is 19.1 Å². The molecular weight excluding hydrogens is 280 g/mol. The summed E-state index contributed by atoms with van der Waals surface area (Å²) in [4.78, 5) is 0. The number of sulfonamides is 1. The molecule has 1 N–H and O–H groups in total. The number of nitrogens with zero attached hydrogens (tertiary/aromatic N) is 1. The third-order valence-electron chi connectivity index (χ3n) is 3.58. The molecule has 0 aromatic carbocycles. The molecule has 0 bridgehead atoms. The van der Waals surface area contributed by atoms with Gasteiger partial charge >= 0.3 is 0 Å². The molecule has 1 atom stereocenters. The molecule has 20 heavy (non-hydrogen) atoms. The first-order valence-electron chi connectivity index (χ1n) is 6.99. The predicted molar refractivity (Wildman–Crippen MR) is 72.7 cm³/mol. The Morgan fingerprint density at radius 3 is 2.90 bits per heavy atom. The second-order valence-corrected chi connectivity index (χ2v) is 7.29. The minimum absolute atomic E-state index is 0.0270.